The minimum Gasteiger partial charge on any atom is -0.303 e. The maximum absolute atomic E-state index is 5.42. The van der Waals surface area contributed by atoms with Crippen molar-refractivity contribution in [2.24, 2.45) is 11.8 Å². The Hall–Kier alpha value is -0.480. The van der Waals surface area contributed by atoms with Gasteiger partial charge in [0.1, 0.15) is 0 Å². The van der Waals surface area contributed by atoms with Gasteiger partial charge >= 0.3 is 0 Å². The van der Waals surface area contributed by atoms with Gasteiger partial charge in [-0.05, 0) is 31.2 Å². The predicted molar refractivity (Wildman–Crippen MR) is 62.0 cm³/mol. The van der Waals surface area contributed by atoms with E-state index >= 15 is 0 Å². The van der Waals surface area contributed by atoms with Crippen molar-refractivity contribution in [3.63, 3.8) is 0 Å². The van der Waals surface area contributed by atoms with Crippen LogP contribution in [0.3, 0.4) is 0 Å². The maximum Gasteiger partial charge on any atom is 0.0684 e. The van der Waals surface area contributed by atoms with Crippen LogP contribution in [0.5, 0.6) is 0 Å². The molecule has 0 aromatic heterocycles. The van der Waals surface area contributed by atoms with Crippen LogP contribution < -0.4 is 5.32 Å². The lowest BCUT2D eigenvalue weighted by molar-refractivity contribution is 0.244. The molecule has 0 heterocycles. The van der Waals surface area contributed by atoms with Crippen LogP contribution in [-0.2, 0) is 0 Å². The van der Waals surface area contributed by atoms with Crippen molar-refractivity contribution in [3.8, 4) is 12.3 Å². The lowest BCUT2D eigenvalue weighted by Gasteiger charge is -2.29. The first kappa shape index (κ1) is 11.6. The van der Waals surface area contributed by atoms with E-state index in [1.807, 2.05) is 0 Å². The number of nitrogens with one attached hydrogen (secondary N) is 1. The van der Waals surface area contributed by atoms with Gasteiger partial charge < -0.3 is 5.32 Å². The zero-order valence-corrected chi connectivity index (χ0v) is 9.55. The number of terminal acetylenes is 1. The van der Waals surface area contributed by atoms with Gasteiger partial charge in [-0.15, -0.1) is 6.42 Å². The molecule has 0 spiro atoms. The van der Waals surface area contributed by atoms with Crippen molar-refractivity contribution in [3.05, 3.63) is 0 Å². The summed E-state index contributed by atoms with van der Waals surface area (Å²) in [6.45, 7) is 5.63. The first-order chi connectivity index (χ1) is 6.77. The highest BCUT2D eigenvalue weighted by molar-refractivity contribution is 4.98. The van der Waals surface area contributed by atoms with Gasteiger partial charge in [0, 0.05) is 0 Å². The van der Waals surface area contributed by atoms with E-state index < -0.39 is 0 Å². The highest BCUT2D eigenvalue weighted by atomic mass is 14.9. The molecule has 0 aliphatic heterocycles. The smallest absolute Gasteiger partial charge is 0.0684 e. The summed E-state index contributed by atoms with van der Waals surface area (Å²) >= 11 is 0. The van der Waals surface area contributed by atoms with Crippen molar-refractivity contribution in [1.82, 2.24) is 5.32 Å². The topological polar surface area (TPSA) is 12.0 Å². The maximum atomic E-state index is 5.42. The SMILES string of the molecule is C#CC(CC)NCC1CCCCC1C. The van der Waals surface area contributed by atoms with E-state index in [2.05, 4.69) is 25.1 Å². The molecule has 1 rings (SSSR count). The van der Waals surface area contributed by atoms with E-state index in [1.54, 1.807) is 0 Å². The quantitative estimate of drug-likeness (QED) is 0.677. The van der Waals surface area contributed by atoms with Crippen LogP contribution >= 0.6 is 0 Å². The highest BCUT2D eigenvalue weighted by Gasteiger charge is 2.21. The van der Waals surface area contributed by atoms with Crippen molar-refractivity contribution in [1.29, 1.82) is 0 Å². The Morgan fingerprint density at radius 2 is 2.14 bits per heavy atom. The number of rotatable bonds is 4. The molecule has 1 fully saturated rings. The molecule has 3 unspecified atom stereocenters. The van der Waals surface area contributed by atoms with Gasteiger partial charge in [0.2, 0.25) is 0 Å². The second kappa shape index (κ2) is 6.09. The second-order valence-electron chi connectivity index (χ2n) is 4.56. The molecular formula is C13H23N. The number of hydrogen-bond donors (Lipinski definition) is 1. The molecule has 1 saturated carbocycles. The van der Waals surface area contributed by atoms with E-state index in [4.69, 9.17) is 6.42 Å². The Balaban J connectivity index is 2.25. The molecule has 1 heteroatoms. The fraction of sp³-hybridized carbons (Fsp3) is 0.846. The lowest BCUT2D eigenvalue weighted by atomic mass is 9.80. The molecule has 14 heavy (non-hydrogen) atoms. The molecule has 0 bridgehead atoms. The van der Waals surface area contributed by atoms with Crippen LogP contribution in [0.25, 0.3) is 0 Å². The third kappa shape index (κ3) is 3.35. The van der Waals surface area contributed by atoms with E-state index in [0.717, 1.165) is 24.8 Å². The molecule has 0 saturated heterocycles. The monoisotopic (exact) mass is 193 g/mol. The molecule has 0 radical (unpaired) electrons. The Bertz CT molecular complexity index is 192. The summed E-state index contributed by atoms with van der Waals surface area (Å²) in [6, 6.07) is 0.282. The highest BCUT2D eigenvalue weighted by Crippen LogP contribution is 2.28. The molecule has 3 atom stereocenters. The Kier molecular flexibility index (Phi) is 5.04. The molecule has 0 aromatic carbocycles. The van der Waals surface area contributed by atoms with Crippen molar-refractivity contribution >= 4 is 0 Å². The second-order valence-corrected chi connectivity index (χ2v) is 4.56. The standard InChI is InChI=1S/C13H23N/c1-4-13(5-2)14-10-12-9-7-6-8-11(12)3/h1,11-14H,5-10H2,2-3H3. The Labute approximate surface area is 88.7 Å². The third-order valence-corrected chi connectivity index (χ3v) is 3.52. The van der Waals surface area contributed by atoms with Crippen LogP contribution in [0.4, 0.5) is 0 Å². The van der Waals surface area contributed by atoms with Gasteiger partial charge in [-0.1, -0.05) is 39.0 Å². The molecule has 1 nitrogen and oxygen atoms in total. The van der Waals surface area contributed by atoms with Crippen molar-refractivity contribution < 1.29 is 0 Å². The molecule has 1 aliphatic carbocycles. The van der Waals surface area contributed by atoms with Crippen LogP contribution in [0.1, 0.15) is 46.0 Å². The predicted octanol–water partition coefficient (Wildman–Crippen LogP) is 2.81. The largest absolute Gasteiger partial charge is 0.303 e. The first-order valence-electron chi connectivity index (χ1n) is 5.97. The summed E-state index contributed by atoms with van der Waals surface area (Å²) in [5.41, 5.74) is 0. The summed E-state index contributed by atoms with van der Waals surface area (Å²) in [7, 11) is 0. The third-order valence-electron chi connectivity index (χ3n) is 3.52. The fourth-order valence-corrected chi connectivity index (χ4v) is 2.31. The summed E-state index contributed by atoms with van der Waals surface area (Å²) in [5, 5.41) is 3.48. The molecule has 1 aliphatic rings. The zero-order chi connectivity index (χ0) is 10.4. The summed E-state index contributed by atoms with van der Waals surface area (Å²) in [4.78, 5) is 0. The summed E-state index contributed by atoms with van der Waals surface area (Å²) in [6.07, 6.45) is 12.1. The van der Waals surface area contributed by atoms with Crippen LogP contribution in [-0.4, -0.2) is 12.6 Å². The number of hydrogen-bond acceptors (Lipinski definition) is 1. The fourth-order valence-electron chi connectivity index (χ4n) is 2.31. The summed E-state index contributed by atoms with van der Waals surface area (Å²) in [5.74, 6) is 4.53. The first-order valence-corrected chi connectivity index (χ1v) is 5.97. The lowest BCUT2D eigenvalue weighted by Crippen LogP contribution is -2.35. The summed E-state index contributed by atoms with van der Waals surface area (Å²) < 4.78 is 0. The van der Waals surface area contributed by atoms with Gasteiger partial charge in [0.25, 0.3) is 0 Å². The molecule has 80 valence electrons. The van der Waals surface area contributed by atoms with Gasteiger partial charge in [-0.2, -0.15) is 0 Å². The molecule has 0 aromatic rings. The molecular weight excluding hydrogens is 170 g/mol. The van der Waals surface area contributed by atoms with Gasteiger partial charge in [0.15, 0.2) is 0 Å². The van der Waals surface area contributed by atoms with E-state index in [-0.39, 0.29) is 6.04 Å². The Morgan fingerprint density at radius 1 is 1.43 bits per heavy atom. The van der Waals surface area contributed by atoms with E-state index in [0.29, 0.717) is 0 Å². The normalized spacial score (nSPS) is 29.5. The van der Waals surface area contributed by atoms with E-state index in [9.17, 15) is 0 Å². The van der Waals surface area contributed by atoms with Crippen LogP contribution in [0.2, 0.25) is 0 Å². The van der Waals surface area contributed by atoms with Crippen molar-refractivity contribution in [2.45, 2.75) is 52.0 Å². The minimum absolute atomic E-state index is 0.282. The molecule has 1 N–H and O–H groups in total. The van der Waals surface area contributed by atoms with Gasteiger partial charge in [-0.3, -0.25) is 0 Å². The van der Waals surface area contributed by atoms with Gasteiger partial charge in [-0.25, -0.2) is 0 Å². The van der Waals surface area contributed by atoms with Crippen LogP contribution in [0, 0.1) is 24.2 Å². The van der Waals surface area contributed by atoms with E-state index in [1.165, 1.54) is 25.7 Å². The van der Waals surface area contributed by atoms with Gasteiger partial charge in [0.05, 0.1) is 6.04 Å². The van der Waals surface area contributed by atoms with Crippen molar-refractivity contribution in [2.75, 3.05) is 6.54 Å². The minimum atomic E-state index is 0.282. The zero-order valence-electron chi connectivity index (χ0n) is 9.55. The van der Waals surface area contributed by atoms with Crippen LogP contribution in [0.15, 0.2) is 0 Å². The average Bonchev–Trinajstić information content (AvgIpc) is 2.22. The Morgan fingerprint density at radius 3 is 2.71 bits per heavy atom. The molecule has 0 amide bonds. The average molecular weight is 193 g/mol.